The summed E-state index contributed by atoms with van der Waals surface area (Å²) < 4.78 is 5.82. The van der Waals surface area contributed by atoms with Crippen LogP contribution in [0.1, 0.15) is 248 Å². The van der Waals surface area contributed by atoms with Crippen molar-refractivity contribution in [1.29, 1.82) is 0 Å². The summed E-state index contributed by atoms with van der Waals surface area (Å²) in [6.45, 7) is 23.7. The molecule has 0 aliphatic heterocycles. The highest BCUT2D eigenvalue weighted by Gasteiger charge is 2.54. The molecule has 5 aromatic carbocycles. The van der Waals surface area contributed by atoms with Gasteiger partial charge in [-0.05, 0) is 153 Å². The third-order valence-corrected chi connectivity index (χ3v) is 24.0. The van der Waals surface area contributed by atoms with E-state index < -0.39 is 10.8 Å². The molecule has 0 radical (unpaired) electrons. The van der Waals surface area contributed by atoms with E-state index in [1.807, 2.05) is 0 Å². The van der Waals surface area contributed by atoms with Gasteiger partial charge in [-0.3, -0.25) is 0 Å². The fourth-order valence-electron chi connectivity index (χ4n) is 13.7. The first-order chi connectivity index (χ1) is 38.7. The molecule has 4 heterocycles. The third-order valence-electron chi connectivity index (χ3n) is 18.2. The Labute approximate surface area is 498 Å². The van der Waals surface area contributed by atoms with Crippen molar-refractivity contribution < 1.29 is 0 Å². The molecule has 0 N–H and O–H groups in total. The average Bonchev–Trinajstić information content (AvgIpc) is 4.36. The molecule has 2 aliphatic rings. The topological polar surface area (TPSA) is 0 Å². The monoisotopic (exact) mass is 1130 g/mol. The van der Waals surface area contributed by atoms with Crippen LogP contribution in [0.4, 0.5) is 0 Å². The van der Waals surface area contributed by atoms with Crippen LogP contribution in [0.2, 0.25) is 0 Å². The van der Waals surface area contributed by atoms with E-state index >= 15 is 0 Å². The number of benzene rings is 5. The lowest BCUT2D eigenvalue weighted by Gasteiger charge is -2.36. The Morgan fingerprint density at radius 1 is 0.325 bits per heavy atom. The largest absolute Gasteiger partial charge is 0.138 e. The number of fused-ring (bicyclic) bond motifs is 10. The van der Waals surface area contributed by atoms with E-state index in [4.69, 9.17) is 0 Å². The van der Waals surface area contributed by atoms with Crippen LogP contribution < -0.4 is 0 Å². The molecule has 418 valence electrons. The first kappa shape index (κ1) is 57.2. The Morgan fingerprint density at radius 3 is 0.850 bits per heavy atom. The van der Waals surface area contributed by atoms with E-state index in [-0.39, 0.29) is 10.8 Å². The van der Waals surface area contributed by atoms with Gasteiger partial charge in [0.15, 0.2) is 0 Å². The first-order valence-electron chi connectivity index (χ1n) is 31.5. The zero-order valence-electron chi connectivity index (χ0n) is 50.3. The molecular formula is C76H90S4. The molecular weight excluding hydrogens is 1040 g/mol. The smallest absolute Gasteiger partial charge is 0.0736 e. The lowest BCUT2D eigenvalue weighted by molar-refractivity contribution is 0.604. The highest BCUT2D eigenvalue weighted by Crippen LogP contribution is 2.68. The average molecular weight is 1130 g/mol. The number of aryl methyl sites for hydroxylation is 4. The van der Waals surface area contributed by atoms with Gasteiger partial charge in [0.25, 0.3) is 0 Å². The van der Waals surface area contributed by atoms with Crippen molar-refractivity contribution in [3.05, 3.63) is 198 Å². The lowest BCUT2D eigenvalue weighted by atomic mass is 9.65. The highest BCUT2D eigenvalue weighted by molar-refractivity contribution is 7.31. The van der Waals surface area contributed by atoms with E-state index in [0.717, 1.165) is 25.7 Å². The standard InChI is InChI=1S/C76H90S4/c1-11-15-19-23-27-51-31-39-55(40-32-51)75(56-41-33-52(34-42-56)28-24-20-16-12-2)61-47-60-62(48-59(61)69-67(75)71-63(77-69)49-65(79-71)73(5,6)7)76(57-43-35-53(36-44-57)29-25-21-17-13-3,58-45-37-54(38-46-58)30-26-22-18-14-4)68-70(60)78-64-50-66(74(8,9)10)80-72(64)68/h31-50H,11-30H2,1-10H3. The maximum absolute atomic E-state index is 2.77. The Bertz CT molecular complexity index is 3180. The number of hydrogen-bond donors (Lipinski definition) is 0. The normalized spacial score (nSPS) is 14.3. The van der Waals surface area contributed by atoms with Crippen molar-refractivity contribution in [2.24, 2.45) is 0 Å². The Balaban J connectivity index is 1.20. The summed E-state index contributed by atoms with van der Waals surface area (Å²) in [6.07, 6.45) is 25.0. The number of unbranched alkanes of at least 4 members (excludes halogenated alkanes) is 12. The second-order valence-corrected chi connectivity index (χ2v) is 30.4. The number of thiophene rings is 4. The molecule has 0 bridgehead atoms. The van der Waals surface area contributed by atoms with Crippen molar-refractivity contribution in [3.8, 4) is 20.9 Å². The summed E-state index contributed by atoms with van der Waals surface area (Å²) in [5.74, 6) is 0. The summed E-state index contributed by atoms with van der Waals surface area (Å²) in [5, 5.41) is 0. The molecule has 4 heteroatoms. The van der Waals surface area contributed by atoms with Crippen LogP contribution in [0.3, 0.4) is 0 Å². The molecule has 9 aromatic rings. The summed E-state index contributed by atoms with van der Waals surface area (Å²) >= 11 is 8.27. The van der Waals surface area contributed by atoms with Crippen molar-refractivity contribution >= 4 is 64.1 Å². The number of rotatable bonds is 24. The summed E-state index contributed by atoms with van der Waals surface area (Å²) in [4.78, 5) is 5.86. The zero-order valence-corrected chi connectivity index (χ0v) is 53.6. The summed E-state index contributed by atoms with van der Waals surface area (Å²) in [6, 6.07) is 51.1. The van der Waals surface area contributed by atoms with Crippen molar-refractivity contribution in [1.82, 2.24) is 0 Å². The van der Waals surface area contributed by atoms with Crippen LogP contribution in [0.25, 0.3) is 39.7 Å². The first-order valence-corrected chi connectivity index (χ1v) is 34.7. The van der Waals surface area contributed by atoms with Gasteiger partial charge in [0.1, 0.15) is 0 Å². The summed E-state index contributed by atoms with van der Waals surface area (Å²) in [5.41, 5.74) is 19.3. The van der Waals surface area contributed by atoms with E-state index in [2.05, 4.69) is 236 Å². The van der Waals surface area contributed by atoms with E-state index in [1.54, 1.807) is 0 Å². The van der Waals surface area contributed by atoms with Gasteiger partial charge in [-0.25, -0.2) is 0 Å². The predicted octanol–water partition coefficient (Wildman–Crippen LogP) is 24.1. The summed E-state index contributed by atoms with van der Waals surface area (Å²) in [7, 11) is 0. The van der Waals surface area contributed by atoms with E-state index in [9.17, 15) is 0 Å². The molecule has 0 saturated heterocycles. The van der Waals surface area contributed by atoms with E-state index in [1.165, 1.54) is 219 Å². The van der Waals surface area contributed by atoms with Crippen molar-refractivity contribution in [2.45, 2.75) is 219 Å². The molecule has 11 rings (SSSR count). The third kappa shape index (κ3) is 10.5. The second kappa shape index (κ2) is 24.0. The highest BCUT2D eigenvalue weighted by atomic mass is 32.1. The molecule has 0 fully saturated rings. The molecule has 0 atom stereocenters. The zero-order chi connectivity index (χ0) is 55.8. The molecule has 0 saturated carbocycles. The SMILES string of the molecule is CCCCCCc1ccc(C2(c3ccc(CCCCCC)cc3)c3cc4c(cc3-c3sc5cc(C(C)(C)C)sc5c32)C(c2ccc(CCCCCC)cc2)(c2ccc(CCCCCC)cc2)c2c-4sc3cc(C(C)(C)C)sc23)cc1. The molecule has 0 amide bonds. The van der Waals surface area contributed by atoms with Gasteiger partial charge < -0.3 is 0 Å². The van der Waals surface area contributed by atoms with Gasteiger partial charge >= 0.3 is 0 Å². The Hall–Kier alpha value is -4.58. The minimum Gasteiger partial charge on any atom is -0.138 e. The van der Waals surface area contributed by atoms with Crippen LogP contribution >= 0.6 is 45.3 Å². The predicted molar refractivity (Wildman–Crippen MR) is 356 cm³/mol. The molecule has 2 aliphatic carbocycles. The molecule has 0 nitrogen and oxygen atoms in total. The van der Waals surface area contributed by atoms with Crippen LogP contribution in [-0.2, 0) is 47.3 Å². The minimum atomic E-state index is -0.516. The molecule has 4 aromatic heterocycles. The van der Waals surface area contributed by atoms with E-state index in [0.29, 0.717) is 0 Å². The minimum absolute atomic E-state index is 0.0510. The van der Waals surface area contributed by atoms with Gasteiger partial charge in [0.2, 0.25) is 0 Å². The van der Waals surface area contributed by atoms with Crippen molar-refractivity contribution in [2.75, 3.05) is 0 Å². The van der Waals surface area contributed by atoms with Gasteiger partial charge in [0, 0.05) is 40.0 Å². The quantitative estimate of drug-likeness (QED) is 0.0529. The van der Waals surface area contributed by atoms with Crippen LogP contribution in [0.15, 0.2) is 121 Å². The Morgan fingerprint density at radius 2 is 0.600 bits per heavy atom. The van der Waals surface area contributed by atoms with Gasteiger partial charge in [0.05, 0.1) is 20.2 Å². The Kier molecular flexibility index (Phi) is 17.1. The fourth-order valence-corrected chi connectivity index (χ4v) is 19.4. The molecule has 0 unspecified atom stereocenters. The molecule has 80 heavy (non-hydrogen) atoms. The maximum atomic E-state index is 2.77. The van der Waals surface area contributed by atoms with Gasteiger partial charge in [-0.1, -0.05) is 243 Å². The van der Waals surface area contributed by atoms with Gasteiger partial charge in [-0.2, -0.15) is 0 Å². The number of hydrogen-bond acceptors (Lipinski definition) is 4. The second-order valence-electron chi connectivity index (χ2n) is 26.2. The van der Waals surface area contributed by atoms with Crippen molar-refractivity contribution in [3.63, 3.8) is 0 Å². The lowest BCUT2D eigenvalue weighted by Crippen LogP contribution is -2.30. The van der Waals surface area contributed by atoms with Crippen LogP contribution in [0, 0.1) is 0 Å². The molecule has 0 spiro atoms. The van der Waals surface area contributed by atoms with Crippen LogP contribution in [0.5, 0.6) is 0 Å². The fraction of sp³-hybridized carbons (Fsp3) is 0.447. The maximum Gasteiger partial charge on any atom is 0.0736 e. The van der Waals surface area contributed by atoms with Crippen LogP contribution in [-0.4, -0.2) is 0 Å². The van der Waals surface area contributed by atoms with Gasteiger partial charge in [-0.15, -0.1) is 45.3 Å².